The summed E-state index contributed by atoms with van der Waals surface area (Å²) in [4.78, 5) is 16.4. The van der Waals surface area contributed by atoms with Gasteiger partial charge in [0.15, 0.2) is 11.6 Å². The highest BCUT2D eigenvalue weighted by Crippen LogP contribution is 2.34. The number of halogens is 3. The van der Waals surface area contributed by atoms with Gasteiger partial charge in [0, 0.05) is 36.0 Å². The molecule has 1 saturated carbocycles. The van der Waals surface area contributed by atoms with Crippen LogP contribution in [-0.2, 0) is 6.54 Å². The van der Waals surface area contributed by atoms with Crippen molar-refractivity contribution >= 4 is 11.7 Å². The summed E-state index contributed by atoms with van der Waals surface area (Å²) < 4.78 is 41.1. The van der Waals surface area contributed by atoms with Crippen LogP contribution >= 0.6 is 0 Å². The predicted molar refractivity (Wildman–Crippen MR) is 91.7 cm³/mol. The number of alkyl halides is 2. The van der Waals surface area contributed by atoms with Gasteiger partial charge in [0.25, 0.3) is 5.91 Å². The Morgan fingerprint density at radius 3 is 2.81 bits per heavy atom. The van der Waals surface area contributed by atoms with Gasteiger partial charge in [0.05, 0.1) is 17.5 Å². The van der Waals surface area contributed by atoms with Crippen LogP contribution in [0, 0.1) is 5.82 Å². The van der Waals surface area contributed by atoms with Crippen LogP contribution in [0.4, 0.5) is 19.0 Å². The number of anilines is 1. The van der Waals surface area contributed by atoms with Gasteiger partial charge in [0.1, 0.15) is 0 Å². The summed E-state index contributed by atoms with van der Waals surface area (Å²) in [5, 5.41) is 9.20. The van der Waals surface area contributed by atoms with Crippen LogP contribution in [0.25, 0.3) is 11.3 Å². The molecule has 0 radical (unpaired) electrons. The Bertz CT molecular complexity index is 884. The standard InChI is InChI=1S/C17H19F3N6O/c18-13-9-6-22-16(27)12(9)14(8-5-23-26(7-8)17(19)20)25-15(13)24-11-4-2-1-3-10(11)21/h5,7,10-11,17H,1-4,6,21H2,(H,22,27)(H,24,25). The van der Waals surface area contributed by atoms with E-state index in [2.05, 4.69) is 20.7 Å². The average molecular weight is 380 g/mol. The van der Waals surface area contributed by atoms with E-state index in [1.54, 1.807) is 0 Å². The summed E-state index contributed by atoms with van der Waals surface area (Å²) in [6.07, 6.45) is 5.90. The molecule has 2 unspecified atom stereocenters. The molecule has 10 heteroatoms. The second-order valence-electron chi connectivity index (χ2n) is 6.85. The summed E-state index contributed by atoms with van der Waals surface area (Å²) in [6.45, 7) is -2.80. The van der Waals surface area contributed by atoms with E-state index in [1.165, 1.54) is 6.20 Å². The minimum absolute atomic E-state index is 0.0178. The van der Waals surface area contributed by atoms with Crippen molar-refractivity contribution < 1.29 is 18.0 Å². The number of amides is 1. The van der Waals surface area contributed by atoms with E-state index >= 15 is 0 Å². The molecule has 2 aliphatic rings. The molecule has 1 amide bonds. The number of nitrogens with zero attached hydrogens (tertiary/aromatic N) is 3. The Morgan fingerprint density at radius 2 is 2.11 bits per heavy atom. The zero-order chi connectivity index (χ0) is 19.1. The molecule has 2 aromatic heterocycles. The monoisotopic (exact) mass is 380 g/mol. The fraction of sp³-hybridized carbons (Fsp3) is 0.471. The maximum Gasteiger partial charge on any atom is 0.333 e. The number of hydrogen-bond donors (Lipinski definition) is 3. The predicted octanol–water partition coefficient (Wildman–Crippen LogP) is 2.40. The number of rotatable bonds is 4. The van der Waals surface area contributed by atoms with Crippen molar-refractivity contribution in [2.45, 2.75) is 50.9 Å². The fourth-order valence-corrected chi connectivity index (χ4v) is 3.67. The Hall–Kier alpha value is -2.62. The van der Waals surface area contributed by atoms with Gasteiger partial charge >= 0.3 is 6.55 Å². The van der Waals surface area contributed by atoms with Gasteiger partial charge in [-0.05, 0) is 12.8 Å². The lowest BCUT2D eigenvalue weighted by Gasteiger charge is -2.30. The third kappa shape index (κ3) is 3.14. The van der Waals surface area contributed by atoms with Crippen molar-refractivity contribution in [2.24, 2.45) is 5.73 Å². The van der Waals surface area contributed by atoms with E-state index in [9.17, 15) is 18.0 Å². The zero-order valence-electron chi connectivity index (χ0n) is 14.4. The topological polar surface area (TPSA) is 97.9 Å². The lowest BCUT2D eigenvalue weighted by Crippen LogP contribution is -2.43. The maximum absolute atomic E-state index is 15.0. The Morgan fingerprint density at radius 1 is 1.33 bits per heavy atom. The van der Waals surface area contributed by atoms with Crippen molar-refractivity contribution in [3.63, 3.8) is 0 Å². The highest BCUT2D eigenvalue weighted by molar-refractivity contribution is 6.04. The molecule has 2 atom stereocenters. The number of nitrogens with one attached hydrogen (secondary N) is 2. The first-order chi connectivity index (χ1) is 13.0. The number of fused-ring (bicyclic) bond motifs is 1. The molecule has 1 aliphatic heterocycles. The first-order valence-corrected chi connectivity index (χ1v) is 8.81. The summed E-state index contributed by atoms with van der Waals surface area (Å²) in [6, 6.07) is -0.265. The first-order valence-electron chi connectivity index (χ1n) is 8.81. The lowest BCUT2D eigenvalue weighted by molar-refractivity contribution is 0.0566. The quantitative estimate of drug-likeness (QED) is 0.757. The van der Waals surface area contributed by atoms with Gasteiger partial charge in [-0.25, -0.2) is 14.1 Å². The highest BCUT2D eigenvalue weighted by atomic mass is 19.3. The molecule has 1 aliphatic carbocycles. The number of carbonyl (C=O) groups excluding carboxylic acids is 1. The van der Waals surface area contributed by atoms with Gasteiger partial charge in [-0.1, -0.05) is 12.8 Å². The molecule has 0 aromatic carbocycles. The van der Waals surface area contributed by atoms with Gasteiger partial charge in [0.2, 0.25) is 0 Å². The number of pyridine rings is 1. The molecule has 0 spiro atoms. The second-order valence-corrected chi connectivity index (χ2v) is 6.85. The van der Waals surface area contributed by atoms with E-state index in [-0.39, 0.29) is 46.8 Å². The Labute approximate surface area is 153 Å². The van der Waals surface area contributed by atoms with E-state index in [0.717, 1.165) is 31.9 Å². The zero-order valence-corrected chi connectivity index (χ0v) is 14.4. The van der Waals surface area contributed by atoms with E-state index in [1.807, 2.05) is 0 Å². The number of aromatic nitrogens is 3. The Balaban J connectivity index is 1.78. The summed E-state index contributed by atoms with van der Waals surface area (Å²) in [7, 11) is 0. The number of nitrogens with two attached hydrogens (primary N) is 1. The highest BCUT2D eigenvalue weighted by Gasteiger charge is 2.32. The number of hydrogen-bond acceptors (Lipinski definition) is 5. The van der Waals surface area contributed by atoms with E-state index in [4.69, 9.17) is 5.73 Å². The minimum Gasteiger partial charge on any atom is -0.363 e. The van der Waals surface area contributed by atoms with Crippen LogP contribution in [0.15, 0.2) is 12.4 Å². The third-order valence-electron chi connectivity index (χ3n) is 5.10. The molecule has 27 heavy (non-hydrogen) atoms. The second kappa shape index (κ2) is 6.84. The molecule has 7 nitrogen and oxygen atoms in total. The molecule has 0 saturated heterocycles. The van der Waals surface area contributed by atoms with Crippen LogP contribution in [0.3, 0.4) is 0 Å². The molecule has 4 rings (SSSR count). The van der Waals surface area contributed by atoms with Crippen LogP contribution in [0.5, 0.6) is 0 Å². The van der Waals surface area contributed by atoms with Crippen LogP contribution in [0.2, 0.25) is 0 Å². The normalized spacial score (nSPS) is 22.0. The molecule has 4 N–H and O–H groups in total. The average Bonchev–Trinajstić information content (AvgIpc) is 3.27. The summed E-state index contributed by atoms with van der Waals surface area (Å²) in [5.41, 5.74) is 6.69. The van der Waals surface area contributed by atoms with Gasteiger partial charge in [-0.3, -0.25) is 4.79 Å². The van der Waals surface area contributed by atoms with Crippen molar-refractivity contribution in [2.75, 3.05) is 5.32 Å². The van der Waals surface area contributed by atoms with Crippen LogP contribution in [-0.4, -0.2) is 32.8 Å². The third-order valence-corrected chi connectivity index (χ3v) is 5.10. The molecular weight excluding hydrogens is 361 g/mol. The van der Waals surface area contributed by atoms with Crippen molar-refractivity contribution in [1.29, 1.82) is 0 Å². The summed E-state index contributed by atoms with van der Waals surface area (Å²) >= 11 is 0. The largest absolute Gasteiger partial charge is 0.363 e. The molecule has 2 aromatic rings. The van der Waals surface area contributed by atoms with Crippen molar-refractivity contribution in [1.82, 2.24) is 20.1 Å². The van der Waals surface area contributed by atoms with Crippen molar-refractivity contribution in [3.05, 3.63) is 29.3 Å². The first kappa shape index (κ1) is 17.8. The fourth-order valence-electron chi connectivity index (χ4n) is 3.67. The van der Waals surface area contributed by atoms with Gasteiger partial charge in [-0.2, -0.15) is 13.9 Å². The van der Waals surface area contributed by atoms with Crippen LogP contribution in [0.1, 0.15) is 48.2 Å². The SMILES string of the molecule is NC1CCCCC1Nc1nc(-c2cnn(C(F)F)c2)c2c(c1F)CNC2=O. The minimum atomic E-state index is -2.82. The summed E-state index contributed by atoms with van der Waals surface area (Å²) in [5.74, 6) is -1.13. The smallest absolute Gasteiger partial charge is 0.333 e. The molecule has 144 valence electrons. The molecule has 3 heterocycles. The van der Waals surface area contributed by atoms with Crippen LogP contribution < -0.4 is 16.4 Å². The van der Waals surface area contributed by atoms with Gasteiger partial charge in [-0.15, -0.1) is 0 Å². The molecule has 0 bridgehead atoms. The lowest BCUT2D eigenvalue weighted by atomic mass is 9.91. The molecule has 1 fully saturated rings. The van der Waals surface area contributed by atoms with E-state index in [0.29, 0.717) is 4.68 Å². The number of carbonyl (C=O) groups is 1. The van der Waals surface area contributed by atoms with E-state index < -0.39 is 18.3 Å². The van der Waals surface area contributed by atoms with Crippen molar-refractivity contribution in [3.8, 4) is 11.3 Å². The molecular formula is C17H19F3N6O. The van der Waals surface area contributed by atoms with Gasteiger partial charge < -0.3 is 16.4 Å². The Kier molecular flexibility index (Phi) is 4.50. The maximum atomic E-state index is 15.0.